The molecule has 0 unspecified atom stereocenters. The van der Waals surface area contributed by atoms with Crippen LogP contribution in [-0.2, 0) is 9.47 Å². The number of para-hydroxylation sites is 1. The number of hydrogen-bond acceptors (Lipinski definition) is 5. The maximum Gasteiger partial charge on any atom is 0.410 e. The molecule has 3 aliphatic rings. The van der Waals surface area contributed by atoms with Crippen LogP contribution in [0.5, 0.6) is 5.75 Å². The van der Waals surface area contributed by atoms with Gasteiger partial charge in [-0.05, 0) is 51.2 Å². The summed E-state index contributed by atoms with van der Waals surface area (Å²) in [5, 5.41) is 0. The molecule has 28 heavy (non-hydrogen) atoms. The van der Waals surface area contributed by atoms with Gasteiger partial charge < -0.3 is 24.0 Å². The Bertz CT molecular complexity index is 726. The third-order valence-electron chi connectivity index (χ3n) is 5.66. The van der Waals surface area contributed by atoms with E-state index in [1.807, 2.05) is 25.7 Å². The lowest BCUT2D eigenvalue weighted by atomic mass is 10.0. The fourth-order valence-corrected chi connectivity index (χ4v) is 4.29. The number of carbonyl (C=O) groups excluding carboxylic acids is 1. The van der Waals surface area contributed by atoms with E-state index < -0.39 is 5.60 Å². The van der Waals surface area contributed by atoms with E-state index in [1.54, 1.807) is 7.11 Å². The second kappa shape index (κ2) is 7.47. The number of piperazine rings is 1. The zero-order chi connectivity index (χ0) is 19.9. The number of fused-ring (bicyclic) bond motifs is 3. The number of methoxy groups -OCH3 is 1. The molecule has 1 saturated heterocycles. The van der Waals surface area contributed by atoms with Crippen molar-refractivity contribution in [2.24, 2.45) is 0 Å². The Kier molecular flexibility index (Phi) is 5.17. The Morgan fingerprint density at radius 1 is 1.25 bits per heavy atom. The maximum absolute atomic E-state index is 12.6. The molecule has 1 amide bonds. The van der Waals surface area contributed by atoms with Gasteiger partial charge in [0.05, 0.1) is 18.3 Å². The van der Waals surface area contributed by atoms with E-state index in [0.717, 1.165) is 24.4 Å². The van der Waals surface area contributed by atoms with Crippen molar-refractivity contribution in [2.45, 2.75) is 63.7 Å². The van der Waals surface area contributed by atoms with E-state index in [0.29, 0.717) is 25.6 Å². The minimum atomic E-state index is -0.481. The highest BCUT2D eigenvalue weighted by atomic mass is 16.6. The number of rotatable bonds is 3. The molecular formula is C22H32N2O4. The molecule has 1 saturated carbocycles. The summed E-state index contributed by atoms with van der Waals surface area (Å²) in [4.78, 5) is 16.9. The summed E-state index contributed by atoms with van der Waals surface area (Å²) in [7, 11) is 1.72. The molecular weight excluding hydrogens is 356 g/mol. The Balaban J connectivity index is 1.60. The van der Waals surface area contributed by atoms with Gasteiger partial charge in [0.15, 0.2) is 0 Å². The molecule has 2 atom stereocenters. The van der Waals surface area contributed by atoms with Crippen LogP contribution >= 0.6 is 0 Å². The first-order valence-electron chi connectivity index (χ1n) is 10.4. The Hall–Kier alpha value is -1.95. The number of ether oxygens (including phenoxy) is 3. The van der Waals surface area contributed by atoms with E-state index in [-0.39, 0.29) is 18.2 Å². The van der Waals surface area contributed by atoms with Gasteiger partial charge in [-0.15, -0.1) is 0 Å². The molecule has 4 rings (SSSR count). The van der Waals surface area contributed by atoms with Gasteiger partial charge in [-0.3, -0.25) is 0 Å². The summed E-state index contributed by atoms with van der Waals surface area (Å²) < 4.78 is 17.5. The zero-order valence-electron chi connectivity index (χ0n) is 17.4. The van der Waals surface area contributed by atoms with Crippen LogP contribution in [-0.4, -0.2) is 62.1 Å². The number of carbonyl (C=O) groups is 1. The van der Waals surface area contributed by atoms with Crippen molar-refractivity contribution in [3.63, 3.8) is 0 Å². The van der Waals surface area contributed by atoms with Gasteiger partial charge in [-0.1, -0.05) is 12.1 Å². The van der Waals surface area contributed by atoms with Crippen molar-refractivity contribution in [3.05, 3.63) is 23.8 Å². The molecule has 2 heterocycles. The average Bonchev–Trinajstić information content (AvgIpc) is 3.46. The summed E-state index contributed by atoms with van der Waals surface area (Å²) in [6.07, 6.45) is 3.06. The minimum absolute atomic E-state index is 0.0164. The van der Waals surface area contributed by atoms with Gasteiger partial charge in [0.1, 0.15) is 17.5 Å². The molecule has 1 aliphatic carbocycles. The first kappa shape index (κ1) is 19.4. The van der Waals surface area contributed by atoms with Crippen molar-refractivity contribution in [1.29, 1.82) is 0 Å². The van der Waals surface area contributed by atoms with E-state index in [1.165, 1.54) is 18.4 Å². The fraction of sp³-hybridized carbons (Fsp3) is 0.682. The Morgan fingerprint density at radius 3 is 2.71 bits per heavy atom. The molecule has 0 aromatic heterocycles. The predicted octanol–water partition coefficient (Wildman–Crippen LogP) is 3.79. The third kappa shape index (κ3) is 4.07. The van der Waals surface area contributed by atoms with Gasteiger partial charge in [0.25, 0.3) is 0 Å². The molecule has 6 heteroatoms. The normalized spacial score (nSPS) is 24.7. The van der Waals surface area contributed by atoms with Crippen LogP contribution in [0.4, 0.5) is 10.5 Å². The van der Waals surface area contributed by atoms with Gasteiger partial charge in [-0.25, -0.2) is 4.79 Å². The van der Waals surface area contributed by atoms with Crippen LogP contribution in [0.1, 0.15) is 51.5 Å². The van der Waals surface area contributed by atoms with E-state index >= 15 is 0 Å². The maximum atomic E-state index is 12.6. The fourth-order valence-electron chi connectivity index (χ4n) is 4.29. The molecule has 0 bridgehead atoms. The lowest BCUT2D eigenvalue weighted by Crippen LogP contribution is -2.56. The number of amides is 1. The summed E-state index contributed by atoms with van der Waals surface area (Å²) in [6.45, 7) is 8.36. The smallest absolute Gasteiger partial charge is 0.410 e. The molecule has 0 spiro atoms. The number of hydrogen-bond donors (Lipinski definition) is 0. The molecule has 154 valence electrons. The zero-order valence-corrected chi connectivity index (χ0v) is 17.4. The summed E-state index contributed by atoms with van der Waals surface area (Å²) in [6, 6.07) is 6.70. The standard InChI is InChI=1S/C22H32N2O4/c1-22(2,3)28-21(25)23-10-11-24-16(13-23)12-17(14-26-4)27-20-18(15-8-9-15)6-5-7-19(20)24/h5-7,15-17H,8-14H2,1-4H3/t16-,17+/m1/s1. The molecule has 1 aromatic carbocycles. The largest absolute Gasteiger partial charge is 0.485 e. The summed E-state index contributed by atoms with van der Waals surface area (Å²) in [5.74, 6) is 1.65. The van der Waals surface area contributed by atoms with Gasteiger partial charge in [-0.2, -0.15) is 0 Å². The molecule has 2 fully saturated rings. The van der Waals surface area contributed by atoms with Crippen molar-refractivity contribution >= 4 is 11.8 Å². The number of anilines is 1. The lowest BCUT2D eigenvalue weighted by Gasteiger charge is -2.42. The summed E-state index contributed by atoms with van der Waals surface area (Å²) in [5.41, 5.74) is 2.01. The van der Waals surface area contributed by atoms with Gasteiger partial charge >= 0.3 is 6.09 Å². The summed E-state index contributed by atoms with van der Waals surface area (Å²) >= 11 is 0. The van der Waals surface area contributed by atoms with E-state index in [9.17, 15) is 4.79 Å². The van der Waals surface area contributed by atoms with Crippen LogP contribution in [0, 0.1) is 0 Å². The van der Waals surface area contributed by atoms with Crippen LogP contribution in [0.15, 0.2) is 18.2 Å². The Morgan fingerprint density at radius 2 is 2.04 bits per heavy atom. The second-order valence-corrected chi connectivity index (χ2v) is 9.17. The van der Waals surface area contributed by atoms with Gasteiger partial charge in [0, 0.05) is 33.2 Å². The van der Waals surface area contributed by atoms with Crippen molar-refractivity contribution in [2.75, 3.05) is 38.3 Å². The van der Waals surface area contributed by atoms with Crippen LogP contribution < -0.4 is 9.64 Å². The molecule has 6 nitrogen and oxygen atoms in total. The van der Waals surface area contributed by atoms with Crippen molar-refractivity contribution in [3.8, 4) is 5.75 Å². The van der Waals surface area contributed by atoms with Crippen LogP contribution in [0.2, 0.25) is 0 Å². The van der Waals surface area contributed by atoms with Crippen molar-refractivity contribution < 1.29 is 19.0 Å². The van der Waals surface area contributed by atoms with E-state index in [4.69, 9.17) is 14.2 Å². The number of benzene rings is 1. The monoisotopic (exact) mass is 388 g/mol. The first-order valence-corrected chi connectivity index (χ1v) is 10.4. The Labute approximate surface area is 167 Å². The van der Waals surface area contributed by atoms with Crippen LogP contribution in [0.3, 0.4) is 0 Å². The average molecular weight is 389 g/mol. The second-order valence-electron chi connectivity index (χ2n) is 9.17. The minimum Gasteiger partial charge on any atom is -0.485 e. The topological polar surface area (TPSA) is 51.2 Å². The van der Waals surface area contributed by atoms with Gasteiger partial charge in [0.2, 0.25) is 0 Å². The highest BCUT2D eigenvalue weighted by molar-refractivity contribution is 5.70. The molecule has 0 N–H and O–H groups in total. The SMILES string of the molecule is COC[C@@H]1C[C@@H]2CN(C(=O)OC(C)(C)C)CCN2c2cccc(C3CC3)c2O1. The third-order valence-corrected chi connectivity index (χ3v) is 5.66. The lowest BCUT2D eigenvalue weighted by molar-refractivity contribution is 0.0190. The highest BCUT2D eigenvalue weighted by Crippen LogP contribution is 2.49. The number of nitrogens with zero attached hydrogens (tertiary/aromatic N) is 2. The van der Waals surface area contributed by atoms with Crippen molar-refractivity contribution in [1.82, 2.24) is 4.90 Å². The van der Waals surface area contributed by atoms with E-state index in [2.05, 4.69) is 23.1 Å². The molecule has 0 radical (unpaired) electrons. The predicted molar refractivity (Wildman–Crippen MR) is 108 cm³/mol. The first-order chi connectivity index (χ1) is 13.4. The highest BCUT2D eigenvalue weighted by Gasteiger charge is 2.39. The quantitative estimate of drug-likeness (QED) is 0.789. The molecule has 1 aromatic rings. The molecule has 2 aliphatic heterocycles. The van der Waals surface area contributed by atoms with Crippen LogP contribution in [0.25, 0.3) is 0 Å².